The van der Waals surface area contributed by atoms with Crippen molar-refractivity contribution >= 4 is 44.3 Å². The van der Waals surface area contributed by atoms with E-state index in [1.54, 1.807) is 0 Å². The van der Waals surface area contributed by atoms with E-state index in [0.29, 0.717) is 6.42 Å². The first-order chi connectivity index (χ1) is 9.10. The zero-order valence-corrected chi connectivity index (χ0v) is 14.4. The summed E-state index contributed by atoms with van der Waals surface area (Å²) < 4.78 is 1.94. The van der Waals surface area contributed by atoms with E-state index >= 15 is 0 Å². The lowest BCUT2D eigenvalue weighted by molar-refractivity contribution is 0.0992. The minimum atomic E-state index is 0.162. The van der Waals surface area contributed by atoms with Crippen molar-refractivity contribution in [2.75, 3.05) is 0 Å². The molecule has 0 fully saturated rings. The molecular weight excluding hydrogens is 415 g/mol. The highest BCUT2D eigenvalue weighted by molar-refractivity contribution is 14.1. The first-order valence-corrected chi connectivity index (χ1v) is 8.03. The van der Waals surface area contributed by atoms with Crippen LogP contribution in [0.15, 0.2) is 46.9 Å². The van der Waals surface area contributed by atoms with Gasteiger partial charge in [-0.05, 0) is 58.3 Å². The summed E-state index contributed by atoms with van der Waals surface area (Å²) in [6.07, 6.45) is 1.48. The summed E-state index contributed by atoms with van der Waals surface area (Å²) in [6.45, 7) is 2.13. The first kappa shape index (κ1) is 14.7. The standard InChI is InChI=1S/C16H14BrIO/c1-2-11-3-5-12(6-4-11)9-16(19)14-10-13(17)7-8-15(14)18/h3-8,10H,2,9H2,1H3. The van der Waals surface area contributed by atoms with Crippen molar-refractivity contribution in [2.24, 2.45) is 0 Å². The van der Waals surface area contributed by atoms with E-state index < -0.39 is 0 Å². The molecule has 0 radical (unpaired) electrons. The Morgan fingerprint density at radius 2 is 1.74 bits per heavy atom. The normalized spacial score (nSPS) is 10.5. The van der Waals surface area contributed by atoms with Gasteiger partial charge < -0.3 is 0 Å². The molecule has 2 aromatic rings. The van der Waals surface area contributed by atoms with Crippen LogP contribution in [0.2, 0.25) is 0 Å². The lowest BCUT2D eigenvalue weighted by Crippen LogP contribution is -2.05. The van der Waals surface area contributed by atoms with Gasteiger partial charge in [0.25, 0.3) is 0 Å². The van der Waals surface area contributed by atoms with Crippen LogP contribution >= 0.6 is 38.5 Å². The van der Waals surface area contributed by atoms with Gasteiger partial charge in [-0.2, -0.15) is 0 Å². The molecule has 0 atom stereocenters. The highest BCUT2D eigenvalue weighted by atomic mass is 127. The van der Waals surface area contributed by atoms with Crippen LogP contribution in [0, 0.1) is 3.57 Å². The number of Topliss-reactive ketones (excluding diaryl/α,β-unsaturated/α-hetero) is 1. The van der Waals surface area contributed by atoms with Gasteiger partial charge in [0.1, 0.15) is 0 Å². The maximum absolute atomic E-state index is 12.3. The molecule has 3 heteroatoms. The van der Waals surface area contributed by atoms with Crippen molar-refractivity contribution in [1.82, 2.24) is 0 Å². The molecule has 0 unspecified atom stereocenters. The molecule has 0 aliphatic heterocycles. The van der Waals surface area contributed by atoms with Crippen LogP contribution in [0.5, 0.6) is 0 Å². The molecule has 2 aromatic carbocycles. The SMILES string of the molecule is CCc1ccc(CC(=O)c2cc(Br)ccc2I)cc1. The third-order valence-corrected chi connectivity index (χ3v) is 4.46. The first-order valence-electron chi connectivity index (χ1n) is 6.16. The van der Waals surface area contributed by atoms with E-state index in [4.69, 9.17) is 0 Å². The second-order valence-electron chi connectivity index (χ2n) is 4.39. The number of carbonyl (C=O) groups excluding carboxylic acids is 1. The molecule has 98 valence electrons. The lowest BCUT2D eigenvalue weighted by atomic mass is 10.0. The Balaban J connectivity index is 2.18. The van der Waals surface area contributed by atoms with Crippen LogP contribution in [-0.4, -0.2) is 5.78 Å². The smallest absolute Gasteiger partial charge is 0.168 e. The zero-order valence-electron chi connectivity index (χ0n) is 10.6. The Labute approximate surface area is 135 Å². The van der Waals surface area contributed by atoms with Crippen molar-refractivity contribution in [1.29, 1.82) is 0 Å². The predicted octanol–water partition coefficient (Wildman–Crippen LogP) is 5.04. The van der Waals surface area contributed by atoms with Gasteiger partial charge in [-0.15, -0.1) is 0 Å². The summed E-state index contributed by atoms with van der Waals surface area (Å²) in [6, 6.07) is 14.1. The summed E-state index contributed by atoms with van der Waals surface area (Å²) in [7, 11) is 0. The number of aryl methyl sites for hydroxylation is 1. The summed E-state index contributed by atoms with van der Waals surface area (Å²) in [5, 5.41) is 0. The third kappa shape index (κ3) is 3.89. The molecule has 0 spiro atoms. The average Bonchev–Trinajstić information content (AvgIpc) is 2.42. The quantitative estimate of drug-likeness (QED) is 0.492. The molecule has 2 rings (SSSR count). The Kier molecular flexibility index (Phi) is 5.16. The van der Waals surface area contributed by atoms with Gasteiger partial charge in [-0.3, -0.25) is 4.79 Å². The molecule has 19 heavy (non-hydrogen) atoms. The fraction of sp³-hybridized carbons (Fsp3) is 0.188. The van der Waals surface area contributed by atoms with E-state index in [-0.39, 0.29) is 5.78 Å². The Morgan fingerprint density at radius 1 is 1.11 bits per heavy atom. The molecule has 0 aromatic heterocycles. The minimum Gasteiger partial charge on any atom is -0.294 e. The second kappa shape index (κ2) is 6.66. The molecule has 0 saturated heterocycles. The number of carbonyl (C=O) groups is 1. The van der Waals surface area contributed by atoms with E-state index in [1.165, 1.54) is 5.56 Å². The van der Waals surface area contributed by atoms with Crippen LogP contribution in [0.4, 0.5) is 0 Å². The van der Waals surface area contributed by atoms with Crippen molar-refractivity contribution in [2.45, 2.75) is 19.8 Å². The maximum atomic E-state index is 12.3. The molecule has 0 heterocycles. The van der Waals surface area contributed by atoms with Gasteiger partial charge in [0.05, 0.1) is 0 Å². The molecular formula is C16H14BrIO. The molecule has 0 aliphatic carbocycles. The molecule has 0 bridgehead atoms. The van der Waals surface area contributed by atoms with Crippen LogP contribution in [0.1, 0.15) is 28.4 Å². The van der Waals surface area contributed by atoms with Gasteiger partial charge >= 0.3 is 0 Å². The van der Waals surface area contributed by atoms with Crippen molar-refractivity contribution < 1.29 is 4.79 Å². The largest absolute Gasteiger partial charge is 0.294 e. The highest BCUT2D eigenvalue weighted by Gasteiger charge is 2.11. The fourth-order valence-corrected chi connectivity index (χ4v) is 2.88. The molecule has 1 nitrogen and oxygen atoms in total. The zero-order chi connectivity index (χ0) is 13.8. The molecule has 0 aliphatic rings. The number of ketones is 1. The summed E-state index contributed by atoms with van der Waals surface area (Å²) in [5.41, 5.74) is 3.15. The second-order valence-corrected chi connectivity index (χ2v) is 6.47. The number of halogens is 2. The number of rotatable bonds is 4. The number of hydrogen-bond acceptors (Lipinski definition) is 1. The van der Waals surface area contributed by atoms with Gasteiger partial charge in [0.2, 0.25) is 0 Å². The monoisotopic (exact) mass is 428 g/mol. The topological polar surface area (TPSA) is 17.1 Å². The summed E-state index contributed by atoms with van der Waals surface area (Å²) in [4.78, 5) is 12.3. The number of hydrogen-bond donors (Lipinski definition) is 0. The van der Waals surface area contributed by atoms with Crippen LogP contribution in [0.25, 0.3) is 0 Å². The van der Waals surface area contributed by atoms with Crippen LogP contribution in [-0.2, 0) is 12.8 Å². The van der Waals surface area contributed by atoms with Gasteiger partial charge in [0.15, 0.2) is 5.78 Å². The van der Waals surface area contributed by atoms with E-state index in [1.807, 2.05) is 30.3 Å². The minimum absolute atomic E-state index is 0.162. The van der Waals surface area contributed by atoms with Gasteiger partial charge in [-0.25, -0.2) is 0 Å². The van der Waals surface area contributed by atoms with Crippen molar-refractivity contribution in [3.8, 4) is 0 Å². The fourth-order valence-electron chi connectivity index (χ4n) is 1.88. The Bertz CT molecular complexity index is 590. The lowest BCUT2D eigenvalue weighted by Gasteiger charge is -2.05. The Morgan fingerprint density at radius 3 is 2.37 bits per heavy atom. The molecule has 0 amide bonds. The van der Waals surface area contributed by atoms with Gasteiger partial charge in [0, 0.05) is 20.0 Å². The van der Waals surface area contributed by atoms with Crippen molar-refractivity contribution in [3.63, 3.8) is 0 Å². The summed E-state index contributed by atoms with van der Waals surface area (Å²) in [5.74, 6) is 0.162. The van der Waals surface area contributed by atoms with E-state index in [0.717, 1.165) is 25.6 Å². The van der Waals surface area contributed by atoms with Crippen LogP contribution < -0.4 is 0 Å². The van der Waals surface area contributed by atoms with E-state index in [2.05, 4.69) is 57.6 Å². The molecule has 0 saturated carbocycles. The summed E-state index contributed by atoms with van der Waals surface area (Å²) >= 11 is 5.62. The van der Waals surface area contributed by atoms with Gasteiger partial charge in [-0.1, -0.05) is 47.1 Å². The van der Waals surface area contributed by atoms with E-state index in [9.17, 15) is 4.79 Å². The third-order valence-electron chi connectivity index (χ3n) is 3.02. The Hall–Kier alpha value is -0.680. The average molecular weight is 429 g/mol. The maximum Gasteiger partial charge on any atom is 0.168 e. The predicted molar refractivity (Wildman–Crippen MR) is 90.7 cm³/mol. The number of benzene rings is 2. The highest BCUT2D eigenvalue weighted by Crippen LogP contribution is 2.20. The van der Waals surface area contributed by atoms with Crippen molar-refractivity contribution in [3.05, 3.63) is 67.2 Å². The van der Waals surface area contributed by atoms with Crippen LogP contribution in [0.3, 0.4) is 0 Å². The molecule has 0 N–H and O–H groups in total.